The van der Waals surface area contributed by atoms with E-state index in [1.807, 2.05) is 0 Å². The topological polar surface area (TPSA) is 86.6 Å². The summed E-state index contributed by atoms with van der Waals surface area (Å²) in [5.74, 6) is 0.0236. The molecule has 0 fully saturated rings. The molecule has 96 valence electrons. The van der Waals surface area contributed by atoms with Crippen LogP contribution in [0.15, 0.2) is 21.1 Å². The fraction of sp³-hybridized carbons (Fsp3) is 0.333. The van der Waals surface area contributed by atoms with Gasteiger partial charge in [-0.15, -0.1) is 0 Å². The highest BCUT2D eigenvalue weighted by Crippen LogP contribution is 2.35. The molecule has 0 aliphatic rings. The van der Waals surface area contributed by atoms with Crippen LogP contribution < -0.4 is 5.32 Å². The minimum Gasteiger partial charge on any atom is -0.506 e. The molecule has 0 bridgehead atoms. The molecule has 0 spiro atoms. The van der Waals surface area contributed by atoms with Crippen LogP contribution in [0.3, 0.4) is 0 Å². The van der Waals surface area contributed by atoms with Crippen molar-refractivity contribution in [2.45, 2.75) is 18.7 Å². The molecule has 5 nitrogen and oxygen atoms in total. The first-order chi connectivity index (χ1) is 7.75. The van der Waals surface area contributed by atoms with Crippen molar-refractivity contribution in [3.05, 3.63) is 21.1 Å². The van der Waals surface area contributed by atoms with Gasteiger partial charge in [0.1, 0.15) is 5.75 Å². The number of anilines is 1. The quantitative estimate of drug-likeness (QED) is 0.545. The maximum absolute atomic E-state index is 11.0. The minimum absolute atomic E-state index is 0.0236. The van der Waals surface area contributed by atoms with Crippen LogP contribution in [0, 0.1) is 0 Å². The normalized spacial score (nSPS) is 13.4. The van der Waals surface area contributed by atoms with Gasteiger partial charge in [0, 0.05) is 5.69 Å². The van der Waals surface area contributed by atoms with Crippen molar-refractivity contribution in [1.82, 2.24) is 0 Å². The third-order valence-corrected chi connectivity index (χ3v) is 4.45. The zero-order chi connectivity index (χ0) is 13.2. The number of nitrogens with one attached hydrogen (secondary N) is 1. The molecule has 0 saturated carbocycles. The second kappa shape index (κ2) is 5.55. The van der Waals surface area contributed by atoms with E-state index in [2.05, 4.69) is 37.2 Å². The van der Waals surface area contributed by atoms with Crippen LogP contribution in [0.25, 0.3) is 0 Å². The van der Waals surface area contributed by atoms with E-state index >= 15 is 0 Å². The van der Waals surface area contributed by atoms with Crippen LogP contribution in [-0.4, -0.2) is 23.5 Å². The molecule has 1 atom stereocenters. The van der Waals surface area contributed by atoms with Gasteiger partial charge in [0.05, 0.1) is 8.95 Å². The largest absolute Gasteiger partial charge is 0.506 e. The SMILES string of the molecule is CCC(Nc1cc(Br)c(O)c(Br)c1)S(=O)(=O)O. The molecule has 0 aromatic heterocycles. The van der Waals surface area contributed by atoms with Gasteiger partial charge in [-0.2, -0.15) is 8.42 Å². The number of aromatic hydroxyl groups is 1. The number of halogens is 2. The first-order valence-corrected chi connectivity index (χ1v) is 7.75. The lowest BCUT2D eigenvalue weighted by molar-refractivity contribution is 0.468. The Morgan fingerprint density at radius 3 is 2.18 bits per heavy atom. The second-order valence-corrected chi connectivity index (χ2v) is 6.65. The first-order valence-electron chi connectivity index (χ1n) is 4.66. The highest BCUT2D eigenvalue weighted by Gasteiger charge is 2.21. The number of phenolic OH excluding ortho intramolecular Hbond substituents is 1. The van der Waals surface area contributed by atoms with Gasteiger partial charge in [-0.3, -0.25) is 4.55 Å². The summed E-state index contributed by atoms with van der Waals surface area (Å²) in [6, 6.07) is 3.04. The zero-order valence-electron chi connectivity index (χ0n) is 8.81. The lowest BCUT2D eigenvalue weighted by atomic mass is 10.3. The smallest absolute Gasteiger partial charge is 0.286 e. The molecule has 0 radical (unpaired) electrons. The number of hydrogen-bond donors (Lipinski definition) is 3. The molecule has 1 rings (SSSR count). The summed E-state index contributed by atoms with van der Waals surface area (Å²) < 4.78 is 31.8. The first kappa shape index (κ1) is 14.7. The van der Waals surface area contributed by atoms with Gasteiger partial charge in [0.2, 0.25) is 0 Å². The van der Waals surface area contributed by atoms with Crippen LogP contribution in [0.2, 0.25) is 0 Å². The van der Waals surface area contributed by atoms with Crippen molar-refractivity contribution >= 4 is 47.7 Å². The van der Waals surface area contributed by atoms with Gasteiger partial charge < -0.3 is 10.4 Å². The van der Waals surface area contributed by atoms with Gasteiger partial charge >= 0.3 is 0 Å². The highest BCUT2D eigenvalue weighted by molar-refractivity contribution is 9.11. The van der Waals surface area contributed by atoms with Crippen LogP contribution in [0.1, 0.15) is 13.3 Å². The molecule has 0 aliphatic heterocycles. The average molecular weight is 389 g/mol. The standard InChI is InChI=1S/C9H11Br2NO4S/c1-2-8(17(14,15)16)12-5-3-6(10)9(13)7(11)4-5/h3-4,8,12-13H,2H2,1H3,(H,14,15,16). The molecule has 1 unspecified atom stereocenters. The molecular weight excluding hydrogens is 378 g/mol. The van der Waals surface area contributed by atoms with Gasteiger partial charge in [-0.05, 0) is 50.4 Å². The molecule has 3 N–H and O–H groups in total. The van der Waals surface area contributed by atoms with Crippen molar-refractivity contribution < 1.29 is 18.1 Å². The van der Waals surface area contributed by atoms with Gasteiger partial charge in [0.25, 0.3) is 10.1 Å². The van der Waals surface area contributed by atoms with Crippen molar-refractivity contribution in [1.29, 1.82) is 0 Å². The molecule has 0 amide bonds. The van der Waals surface area contributed by atoms with E-state index in [1.54, 1.807) is 6.92 Å². The van der Waals surface area contributed by atoms with E-state index in [1.165, 1.54) is 12.1 Å². The fourth-order valence-corrected chi connectivity index (χ4v) is 3.11. The van der Waals surface area contributed by atoms with Crippen LogP contribution >= 0.6 is 31.9 Å². The Bertz CT molecular complexity index is 495. The lowest BCUT2D eigenvalue weighted by Crippen LogP contribution is -2.28. The van der Waals surface area contributed by atoms with E-state index in [0.717, 1.165) is 0 Å². The Hall–Kier alpha value is -0.310. The van der Waals surface area contributed by atoms with E-state index in [4.69, 9.17) is 4.55 Å². The molecule has 1 aromatic carbocycles. The van der Waals surface area contributed by atoms with Crippen LogP contribution in [0.4, 0.5) is 5.69 Å². The van der Waals surface area contributed by atoms with Crippen molar-refractivity contribution in [3.8, 4) is 5.75 Å². The number of phenols is 1. The lowest BCUT2D eigenvalue weighted by Gasteiger charge is -2.16. The Balaban J connectivity index is 3.03. The third kappa shape index (κ3) is 3.84. The molecule has 0 saturated heterocycles. The van der Waals surface area contributed by atoms with Crippen LogP contribution in [0.5, 0.6) is 5.75 Å². The zero-order valence-corrected chi connectivity index (χ0v) is 12.8. The van der Waals surface area contributed by atoms with E-state index in [-0.39, 0.29) is 12.2 Å². The predicted molar refractivity (Wildman–Crippen MR) is 72.8 cm³/mol. The summed E-state index contributed by atoms with van der Waals surface area (Å²) in [6.45, 7) is 1.63. The molecule has 8 heteroatoms. The fourth-order valence-electron chi connectivity index (χ4n) is 1.22. The van der Waals surface area contributed by atoms with Crippen molar-refractivity contribution in [2.24, 2.45) is 0 Å². The maximum atomic E-state index is 11.0. The molecule has 17 heavy (non-hydrogen) atoms. The summed E-state index contributed by atoms with van der Waals surface area (Å²) in [4.78, 5) is 0. The summed E-state index contributed by atoms with van der Waals surface area (Å²) in [7, 11) is -4.15. The molecular formula is C9H11Br2NO4S. The van der Waals surface area contributed by atoms with Gasteiger partial charge in [-0.25, -0.2) is 0 Å². The number of hydrogen-bond acceptors (Lipinski definition) is 4. The van der Waals surface area contributed by atoms with Crippen molar-refractivity contribution in [2.75, 3.05) is 5.32 Å². The molecule has 0 aliphatic carbocycles. The third-order valence-electron chi connectivity index (χ3n) is 2.07. The Morgan fingerprint density at radius 2 is 1.82 bits per heavy atom. The highest BCUT2D eigenvalue weighted by atomic mass is 79.9. The van der Waals surface area contributed by atoms with E-state index < -0.39 is 15.5 Å². The van der Waals surface area contributed by atoms with Gasteiger partial charge in [0.15, 0.2) is 5.37 Å². The Kier molecular flexibility index (Phi) is 4.82. The maximum Gasteiger partial charge on any atom is 0.286 e. The second-order valence-electron chi connectivity index (χ2n) is 3.34. The van der Waals surface area contributed by atoms with E-state index in [0.29, 0.717) is 14.6 Å². The number of rotatable bonds is 4. The number of benzene rings is 1. The van der Waals surface area contributed by atoms with Gasteiger partial charge in [-0.1, -0.05) is 6.92 Å². The summed E-state index contributed by atoms with van der Waals surface area (Å²) in [5, 5.41) is 11.1. The molecule has 0 heterocycles. The molecule has 1 aromatic rings. The van der Waals surface area contributed by atoms with E-state index in [9.17, 15) is 13.5 Å². The Labute approximate surface area is 116 Å². The Morgan fingerprint density at radius 1 is 1.35 bits per heavy atom. The van der Waals surface area contributed by atoms with Crippen molar-refractivity contribution in [3.63, 3.8) is 0 Å². The summed E-state index contributed by atoms with van der Waals surface area (Å²) >= 11 is 6.25. The summed E-state index contributed by atoms with van der Waals surface area (Å²) in [6.07, 6.45) is 0.217. The minimum atomic E-state index is -4.15. The summed E-state index contributed by atoms with van der Waals surface area (Å²) in [5.41, 5.74) is 0.464. The average Bonchev–Trinajstić information content (AvgIpc) is 2.20. The van der Waals surface area contributed by atoms with Crippen LogP contribution in [-0.2, 0) is 10.1 Å². The monoisotopic (exact) mass is 387 g/mol. The predicted octanol–water partition coefficient (Wildman–Crippen LogP) is 2.95.